The van der Waals surface area contributed by atoms with E-state index in [9.17, 15) is 84.3 Å². The number of aryl methyl sites for hydroxylation is 1. The molecule has 13 N–H and O–H groups in total. The summed E-state index contributed by atoms with van der Waals surface area (Å²) in [5.41, 5.74) is 3.74. The summed E-state index contributed by atoms with van der Waals surface area (Å²) in [7, 11) is 0. The molecule has 0 saturated carbocycles. The molecule has 334 valence electrons. The van der Waals surface area contributed by atoms with E-state index in [0.29, 0.717) is 28.1 Å². The number of carboxylic acid groups (broad SMARTS) is 8. The van der Waals surface area contributed by atoms with E-state index in [-0.39, 0.29) is 108 Å². The molecule has 21 heteroatoms. The molecule has 1 unspecified atom stereocenters. The smallest absolute Gasteiger partial charge is 0.307 e. The van der Waals surface area contributed by atoms with Crippen LogP contribution in [0.5, 0.6) is 0 Å². The minimum Gasteiger partial charge on any atom is -0.481 e. The number of carbonyl (C=O) groups is 8. The van der Waals surface area contributed by atoms with Crippen LogP contribution in [0.25, 0.3) is 0 Å². The van der Waals surface area contributed by atoms with Gasteiger partial charge in [0.25, 0.3) is 0 Å². The molecule has 0 aromatic carbocycles. The van der Waals surface area contributed by atoms with Gasteiger partial charge in [-0.15, -0.1) is 0 Å². The fourth-order valence-corrected chi connectivity index (χ4v) is 7.91. The molecule has 0 saturated heterocycles. The molecule has 0 aliphatic rings. The van der Waals surface area contributed by atoms with Crippen molar-refractivity contribution in [3.8, 4) is 0 Å². The largest absolute Gasteiger partial charge is 0.481 e. The highest BCUT2D eigenvalue weighted by atomic mass is 16.4. The number of nitrogens with one attached hydrogen (secondary N) is 4. The van der Waals surface area contributed by atoms with Crippen LogP contribution in [0.1, 0.15) is 123 Å². The molecule has 4 aromatic heterocycles. The number of aliphatic carboxylic acids is 8. The van der Waals surface area contributed by atoms with Crippen molar-refractivity contribution < 1.29 is 84.3 Å². The maximum absolute atomic E-state index is 12.4. The van der Waals surface area contributed by atoms with Crippen LogP contribution in [-0.2, 0) is 109 Å². The monoisotopic (exact) mass is 868 g/mol. The fraction of sp³-hybridized carbons (Fsp3) is 0.415. The third kappa shape index (κ3) is 12.7. The number of rotatable bonds is 27. The molecule has 0 bridgehead atoms. The number of hydrogen-bond donors (Lipinski definition) is 13. The van der Waals surface area contributed by atoms with Crippen LogP contribution in [0.15, 0.2) is 6.20 Å². The van der Waals surface area contributed by atoms with Crippen molar-refractivity contribution in [3.05, 3.63) is 90.6 Å². The lowest BCUT2D eigenvalue weighted by Gasteiger charge is -2.09. The van der Waals surface area contributed by atoms with Gasteiger partial charge in [-0.25, -0.2) is 0 Å². The molecule has 21 nitrogen and oxygen atoms in total. The highest BCUT2D eigenvalue weighted by molar-refractivity contribution is 5.75. The van der Waals surface area contributed by atoms with Gasteiger partial charge in [0.1, 0.15) is 0 Å². The van der Waals surface area contributed by atoms with Crippen molar-refractivity contribution in [1.29, 1.82) is 0 Å². The summed E-state index contributed by atoms with van der Waals surface area (Å²) < 4.78 is 0. The summed E-state index contributed by atoms with van der Waals surface area (Å²) in [5, 5.41) is 88.1. The van der Waals surface area contributed by atoms with Crippen molar-refractivity contribution in [2.45, 2.75) is 109 Å². The summed E-state index contributed by atoms with van der Waals surface area (Å²) in [4.78, 5) is 107. The number of aliphatic hydroxyl groups excluding tert-OH is 1. The Balaban J connectivity index is 1.96. The summed E-state index contributed by atoms with van der Waals surface area (Å²) in [6.45, 7) is 1.37. The predicted octanol–water partition coefficient (Wildman–Crippen LogP) is 2.40. The van der Waals surface area contributed by atoms with Gasteiger partial charge in [0.15, 0.2) is 0 Å². The Labute approximate surface area is 351 Å². The number of aromatic amines is 4. The van der Waals surface area contributed by atoms with Crippen LogP contribution in [0.4, 0.5) is 0 Å². The Hall–Kier alpha value is -7.16. The van der Waals surface area contributed by atoms with Crippen LogP contribution in [0, 0.1) is 0 Å². The molecule has 4 aromatic rings. The highest BCUT2D eigenvalue weighted by Crippen LogP contribution is 2.33. The minimum absolute atomic E-state index is 0.00173. The topological polar surface area (TPSA) is 382 Å². The molecule has 0 amide bonds. The third-order valence-electron chi connectivity index (χ3n) is 10.5. The standard InChI is InChI=1S/C41H48N4O17/c1-18(46)41-26(13-40(61)62)22(5-9-36(53)54)30(45-41)16-32-25(12-39(59)60)21(4-8-35(51)52)29(44-32)15-31-24(11-38(57)58)20(3-7-34(49)50)28(43-31)14-27-23(10-37(55)56)19(17-42-27)2-6-33(47)48/h17-18,42-46H,2-16H2,1H3,(H,47,48)(H,49,50)(H,51,52)(H,53,54)(H,55,56)(H,57,58)(H,59,60)(H,61,62). The number of aliphatic hydroxyl groups is 1. The van der Waals surface area contributed by atoms with Crippen LogP contribution in [0.3, 0.4) is 0 Å². The molecular weight excluding hydrogens is 820 g/mol. The van der Waals surface area contributed by atoms with E-state index in [0.717, 1.165) is 0 Å². The zero-order valence-electron chi connectivity index (χ0n) is 33.6. The first-order valence-electron chi connectivity index (χ1n) is 19.4. The Morgan fingerprint density at radius 1 is 0.419 bits per heavy atom. The van der Waals surface area contributed by atoms with E-state index in [2.05, 4.69) is 19.9 Å². The highest BCUT2D eigenvalue weighted by Gasteiger charge is 2.29. The lowest BCUT2D eigenvalue weighted by molar-refractivity contribution is -0.138. The Morgan fingerprint density at radius 3 is 1.13 bits per heavy atom. The Morgan fingerprint density at radius 2 is 0.742 bits per heavy atom. The minimum atomic E-state index is -1.31. The van der Waals surface area contributed by atoms with Gasteiger partial charge in [-0.05, 0) is 77.1 Å². The second-order valence-electron chi connectivity index (χ2n) is 14.9. The summed E-state index contributed by atoms with van der Waals surface area (Å²) in [5.74, 6) is -9.83. The summed E-state index contributed by atoms with van der Waals surface area (Å²) >= 11 is 0. The summed E-state index contributed by atoms with van der Waals surface area (Å²) in [6.07, 6.45) is -4.76. The lowest BCUT2D eigenvalue weighted by atomic mass is 9.94. The van der Waals surface area contributed by atoms with Gasteiger partial charge in [0.2, 0.25) is 0 Å². The van der Waals surface area contributed by atoms with Crippen molar-refractivity contribution in [1.82, 2.24) is 19.9 Å². The molecular formula is C41H48N4O17. The zero-order valence-corrected chi connectivity index (χ0v) is 33.6. The number of aromatic nitrogens is 4. The predicted molar refractivity (Wildman–Crippen MR) is 211 cm³/mol. The second kappa shape index (κ2) is 20.9. The average Bonchev–Trinajstić information content (AvgIpc) is 3.87. The first-order valence-corrected chi connectivity index (χ1v) is 19.4. The van der Waals surface area contributed by atoms with Gasteiger partial charge >= 0.3 is 47.8 Å². The first kappa shape index (κ1) is 47.5. The quantitative estimate of drug-likeness (QED) is 0.0409. The molecule has 4 rings (SSSR count). The van der Waals surface area contributed by atoms with Gasteiger partial charge < -0.3 is 65.9 Å². The molecule has 4 heterocycles. The van der Waals surface area contributed by atoms with E-state index >= 15 is 0 Å². The molecule has 0 spiro atoms. The number of H-pyrrole nitrogens is 4. The normalized spacial score (nSPS) is 11.7. The first-order chi connectivity index (χ1) is 29.1. The average molecular weight is 869 g/mol. The molecule has 0 radical (unpaired) electrons. The van der Waals surface area contributed by atoms with E-state index in [1.165, 1.54) is 13.1 Å². The molecule has 1 atom stereocenters. The van der Waals surface area contributed by atoms with Crippen LogP contribution in [0.2, 0.25) is 0 Å². The molecule has 0 aliphatic carbocycles. The molecule has 0 aliphatic heterocycles. The van der Waals surface area contributed by atoms with E-state index in [1.54, 1.807) is 0 Å². The van der Waals surface area contributed by atoms with Crippen molar-refractivity contribution >= 4 is 47.8 Å². The lowest BCUT2D eigenvalue weighted by Crippen LogP contribution is -2.09. The van der Waals surface area contributed by atoms with E-state index in [1.807, 2.05) is 0 Å². The van der Waals surface area contributed by atoms with Crippen molar-refractivity contribution in [3.63, 3.8) is 0 Å². The number of carboxylic acids is 8. The SMILES string of the molecule is CC(O)c1[nH]c(Cc2[nH]c(Cc3[nH]c(Cc4[nH]cc(CCC(=O)O)c4CC(=O)O)c(CCC(=O)O)c3CC(=O)O)c(CCC(=O)O)c2CC(=O)O)c(CCC(=O)O)c1CC(=O)O. The maximum atomic E-state index is 12.4. The van der Waals surface area contributed by atoms with E-state index in [4.69, 9.17) is 0 Å². The van der Waals surface area contributed by atoms with Crippen LogP contribution in [-0.4, -0.2) is 114 Å². The maximum Gasteiger partial charge on any atom is 0.307 e. The van der Waals surface area contributed by atoms with Crippen molar-refractivity contribution in [2.24, 2.45) is 0 Å². The second-order valence-corrected chi connectivity index (χ2v) is 14.9. The van der Waals surface area contributed by atoms with Crippen LogP contribution < -0.4 is 0 Å². The van der Waals surface area contributed by atoms with Gasteiger partial charge in [-0.2, -0.15) is 0 Å². The summed E-state index contributed by atoms with van der Waals surface area (Å²) in [6, 6.07) is 0. The Bertz CT molecular complexity index is 2370. The van der Waals surface area contributed by atoms with Crippen LogP contribution >= 0.6 is 0 Å². The third-order valence-corrected chi connectivity index (χ3v) is 10.5. The molecule has 0 fully saturated rings. The van der Waals surface area contributed by atoms with Gasteiger partial charge in [-0.3, -0.25) is 38.4 Å². The van der Waals surface area contributed by atoms with Gasteiger partial charge in [0, 0.05) is 91.0 Å². The molecule has 62 heavy (non-hydrogen) atoms. The fourth-order valence-electron chi connectivity index (χ4n) is 7.91. The number of hydrogen-bond acceptors (Lipinski definition) is 9. The van der Waals surface area contributed by atoms with Gasteiger partial charge in [0.05, 0.1) is 31.8 Å². The van der Waals surface area contributed by atoms with E-state index < -0.39 is 98.8 Å². The Kier molecular flexibility index (Phi) is 16.0. The van der Waals surface area contributed by atoms with Gasteiger partial charge in [-0.1, -0.05) is 0 Å². The zero-order chi connectivity index (χ0) is 46.0. The van der Waals surface area contributed by atoms with Crippen molar-refractivity contribution in [2.75, 3.05) is 0 Å².